The molecule has 0 saturated heterocycles. The fraction of sp³-hybridized carbons (Fsp3) is 0.286. The van der Waals surface area contributed by atoms with Gasteiger partial charge in [-0.25, -0.2) is 4.79 Å². The number of esters is 1. The third-order valence-electron chi connectivity index (χ3n) is 3.77. The predicted octanol–water partition coefficient (Wildman–Crippen LogP) is 3.25. The quantitative estimate of drug-likeness (QED) is 0.741. The van der Waals surface area contributed by atoms with Gasteiger partial charge < -0.3 is 19.7 Å². The molecule has 0 aliphatic rings. The molecule has 28 heavy (non-hydrogen) atoms. The third kappa shape index (κ3) is 5.84. The summed E-state index contributed by atoms with van der Waals surface area (Å²) in [7, 11) is 1.29. The van der Waals surface area contributed by atoms with Crippen LogP contribution in [-0.4, -0.2) is 37.5 Å². The number of nitrogens with one attached hydrogen (secondary N) is 1. The minimum Gasteiger partial charge on any atom is -0.491 e. The molecule has 0 saturated carbocycles. The first-order valence-corrected chi connectivity index (χ1v) is 8.83. The van der Waals surface area contributed by atoms with Crippen molar-refractivity contribution in [1.82, 2.24) is 0 Å². The Hall–Kier alpha value is -3.35. The highest BCUT2D eigenvalue weighted by atomic mass is 16.5. The SMILES string of the molecule is COC(=O)c1cccc(NC(=O)CN(C(C)=O)c2ccc(OC(C)C)cc2)c1. The normalized spacial score (nSPS) is 10.3. The Morgan fingerprint density at radius 3 is 2.32 bits per heavy atom. The summed E-state index contributed by atoms with van der Waals surface area (Å²) < 4.78 is 10.3. The van der Waals surface area contributed by atoms with Crippen LogP contribution in [0.3, 0.4) is 0 Å². The Morgan fingerprint density at radius 2 is 1.75 bits per heavy atom. The largest absolute Gasteiger partial charge is 0.491 e. The van der Waals surface area contributed by atoms with Gasteiger partial charge >= 0.3 is 5.97 Å². The van der Waals surface area contributed by atoms with Gasteiger partial charge in [-0.05, 0) is 56.3 Å². The van der Waals surface area contributed by atoms with Crippen LogP contribution in [0.25, 0.3) is 0 Å². The second-order valence-electron chi connectivity index (χ2n) is 6.39. The molecule has 1 N–H and O–H groups in total. The van der Waals surface area contributed by atoms with Crippen molar-refractivity contribution < 1.29 is 23.9 Å². The van der Waals surface area contributed by atoms with Crippen molar-refractivity contribution in [2.75, 3.05) is 23.9 Å². The number of carbonyl (C=O) groups excluding carboxylic acids is 3. The predicted molar refractivity (Wildman–Crippen MR) is 107 cm³/mol. The number of hydrogen-bond acceptors (Lipinski definition) is 5. The van der Waals surface area contributed by atoms with Gasteiger partial charge in [0.15, 0.2) is 0 Å². The van der Waals surface area contributed by atoms with Crippen LogP contribution in [0.15, 0.2) is 48.5 Å². The molecule has 0 radical (unpaired) electrons. The second kappa shape index (κ2) is 9.55. The van der Waals surface area contributed by atoms with E-state index in [0.717, 1.165) is 0 Å². The minimum atomic E-state index is -0.495. The van der Waals surface area contributed by atoms with Gasteiger partial charge in [0, 0.05) is 18.3 Å². The molecule has 7 heteroatoms. The van der Waals surface area contributed by atoms with Crippen LogP contribution < -0.4 is 15.0 Å². The highest BCUT2D eigenvalue weighted by Gasteiger charge is 2.17. The first kappa shape index (κ1) is 21.0. The molecule has 0 fully saturated rings. The molecule has 0 aliphatic carbocycles. The summed E-state index contributed by atoms with van der Waals surface area (Å²) in [5.74, 6) is -0.466. The lowest BCUT2D eigenvalue weighted by Crippen LogP contribution is -2.36. The van der Waals surface area contributed by atoms with E-state index in [0.29, 0.717) is 22.7 Å². The number of amides is 2. The molecule has 7 nitrogen and oxygen atoms in total. The Kier molecular flexibility index (Phi) is 7.14. The van der Waals surface area contributed by atoms with Crippen LogP contribution in [0.1, 0.15) is 31.1 Å². The fourth-order valence-electron chi connectivity index (χ4n) is 2.55. The molecular weight excluding hydrogens is 360 g/mol. The minimum absolute atomic E-state index is 0.0429. The molecule has 148 valence electrons. The van der Waals surface area contributed by atoms with Gasteiger partial charge in [0.1, 0.15) is 12.3 Å². The smallest absolute Gasteiger partial charge is 0.337 e. The lowest BCUT2D eigenvalue weighted by Gasteiger charge is -2.21. The van der Waals surface area contributed by atoms with Gasteiger partial charge in [0.2, 0.25) is 11.8 Å². The van der Waals surface area contributed by atoms with E-state index in [2.05, 4.69) is 10.1 Å². The summed E-state index contributed by atoms with van der Waals surface area (Å²) in [6.07, 6.45) is 0.0429. The average molecular weight is 384 g/mol. The summed E-state index contributed by atoms with van der Waals surface area (Å²) in [5, 5.41) is 2.69. The van der Waals surface area contributed by atoms with Crippen LogP contribution in [-0.2, 0) is 14.3 Å². The number of carbonyl (C=O) groups is 3. The summed E-state index contributed by atoms with van der Waals surface area (Å²) in [6, 6.07) is 13.4. The van der Waals surface area contributed by atoms with E-state index in [1.54, 1.807) is 42.5 Å². The van der Waals surface area contributed by atoms with Gasteiger partial charge in [0.25, 0.3) is 0 Å². The van der Waals surface area contributed by atoms with Crippen molar-refractivity contribution >= 4 is 29.2 Å². The number of benzene rings is 2. The molecule has 0 unspecified atom stereocenters. The van der Waals surface area contributed by atoms with E-state index < -0.39 is 5.97 Å². The van der Waals surface area contributed by atoms with Gasteiger partial charge in [-0.15, -0.1) is 0 Å². The van der Waals surface area contributed by atoms with E-state index in [4.69, 9.17) is 4.74 Å². The maximum absolute atomic E-state index is 12.4. The van der Waals surface area contributed by atoms with Gasteiger partial charge in [0.05, 0.1) is 18.8 Å². The molecule has 2 aromatic carbocycles. The first-order chi connectivity index (χ1) is 13.3. The molecule has 0 aromatic heterocycles. The molecular formula is C21H24N2O5. The molecule has 2 aromatic rings. The molecule has 2 rings (SSSR count). The topological polar surface area (TPSA) is 84.9 Å². The summed E-state index contributed by atoms with van der Waals surface area (Å²) in [4.78, 5) is 37.4. The van der Waals surface area contributed by atoms with Gasteiger partial charge in [-0.2, -0.15) is 0 Å². The standard InChI is InChI=1S/C21H24N2O5/c1-14(2)28-19-10-8-18(9-11-19)23(15(3)24)13-20(25)22-17-7-5-6-16(12-17)21(26)27-4/h5-12,14H,13H2,1-4H3,(H,22,25). The Morgan fingerprint density at radius 1 is 1.07 bits per heavy atom. The lowest BCUT2D eigenvalue weighted by atomic mass is 10.2. The zero-order valence-electron chi connectivity index (χ0n) is 16.4. The van der Waals surface area contributed by atoms with Gasteiger partial charge in [-0.3, -0.25) is 9.59 Å². The van der Waals surface area contributed by atoms with Crippen molar-refractivity contribution in [2.45, 2.75) is 26.9 Å². The zero-order chi connectivity index (χ0) is 20.7. The van der Waals surface area contributed by atoms with Crippen LogP contribution in [0.5, 0.6) is 5.75 Å². The van der Waals surface area contributed by atoms with E-state index in [1.807, 2.05) is 13.8 Å². The number of methoxy groups -OCH3 is 1. The van der Waals surface area contributed by atoms with Crippen LogP contribution in [0.2, 0.25) is 0 Å². The van der Waals surface area contributed by atoms with Crippen molar-refractivity contribution in [3.8, 4) is 5.75 Å². The maximum atomic E-state index is 12.4. The van der Waals surface area contributed by atoms with E-state index in [1.165, 1.54) is 25.0 Å². The first-order valence-electron chi connectivity index (χ1n) is 8.83. The van der Waals surface area contributed by atoms with E-state index >= 15 is 0 Å². The van der Waals surface area contributed by atoms with E-state index in [9.17, 15) is 14.4 Å². The lowest BCUT2D eigenvalue weighted by molar-refractivity contribution is -0.120. The molecule has 0 atom stereocenters. The number of rotatable bonds is 7. The monoisotopic (exact) mass is 384 g/mol. The van der Waals surface area contributed by atoms with Crippen molar-refractivity contribution in [3.63, 3.8) is 0 Å². The van der Waals surface area contributed by atoms with Crippen LogP contribution in [0, 0.1) is 0 Å². The molecule has 0 spiro atoms. The summed E-state index contributed by atoms with van der Waals surface area (Å²) in [5.41, 5.74) is 1.35. The summed E-state index contributed by atoms with van der Waals surface area (Å²) in [6.45, 7) is 5.08. The molecule has 2 amide bonds. The number of anilines is 2. The number of nitrogens with zero attached hydrogens (tertiary/aromatic N) is 1. The Bertz CT molecular complexity index is 846. The second-order valence-corrected chi connectivity index (χ2v) is 6.39. The van der Waals surface area contributed by atoms with E-state index in [-0.39, 0.29) is 24.5 Å². The molecule has 0 aliphatic heterocycles. The van der Waals surface area contributed by atoms with Crippen LogP contribution >= 0.6 is 0 Å². The molecule has 0 heterocycles. The molecule has 0 bridgehead atoms. The Labute approximate surface area is 164 Å². The fourth-order valence-corrected chi connectivity index (χ4v) is 2.55. The Balaban J connectivity index is 2.09. The van der Waals surface area contributed by atoms with Crippen molar-refractivity contribution in [3.05, 3.63) is 54.1 Å². The highest BCUT2D eigenvalue weighted by Crippen LogP contribution is 2.21. The van der Waals surface area contributed by atoms with Gasteiger partial charge in [-0.1, -0.05) is 6.07 Å². The van der Waals surface area contributed by atoms with Crippen molar-refractivity contribution in [1.29, 1.82) is 0 Å². The number of ether oxygens (including phenoxy) is 2. The average Bonchev–Trinajstić information content (AvgIpc) is 2.65. The maximum Gasteiger partial charge on any atom is 0.337 e. The summed E-state index contributed by atoms with van der Waals surface area (Å²) >= 11 is 0. The zero-order valence-corrected chi connectivity index (χ0v) is 16.4. The number of hydrogen-bond donors (Lipinski definition) is 1. The van der Waals surface area contributed by atoms with Crippen LogP contribution in [0.4, 0.5) is 11.4 Å². The third-order valence-corrected chi connectivity index (χ3v) is 3.77. The van der Waals surface area contributed by atoms with Crippen molar-refractivity contribution in [2.24, 2.45) is 0 Å². The highest BCUT2D eigenvalue weighted by molar-refractivity contribution is 6.02.